The number of aryl methyl sites for hydroxylation is 1. The summed E-state index contributed by atoms with van der Waals surface area (Å²) in [6.07, 6.45) is 2.42. The molecule has 0 radical (unpaired) electrons. The third kappa shape index (κ3) is 2.60. The van der Waals surface area contributed by atoms with E-state index in [9.17, 15) is 4.79 Å². The van der Waals surface area contributed by atoms with Crippen molar-refractivity contribution < 1.29 is 4.79 Å². The predicted molar refractivity (Wildman–Crippen MR) is 107 cm³/mol. The number of Topliss-reactive ketones (excluding diaryl/α,β-unsaturated/α-hetero) is 1. The number of carbonyl (C=O) groups is 1. The van der Waals surface area contributed by atoms with Crippen LogP contribution in [-0.4, -0.2) is 16.0 Å². The number of ketones is 1. The number of carbonyl (C=O) groups excluding carboxylic acids is 1. The fourth-order valence-electron chi connectivity index (χ4n) is 4.26. The molecule has 1 atom stereocenters. The lowest BCUT2D eigenvalue weighted by Gasteiger charge is -2.32. The molecule has 0 spiro atoms. The van der Waals surface area contributed by atoms with E-state index in [0.717, 1.165) is 52.3 Å². The largest absolute Gasteiger partial charge is 0.342 e. The standard InChI is InChI=1S/C23H21N3O/c1-14-10-12-15(13-11-14)19-20-17(8-5-9-18(20)27)24-23-21(19)22(25-26-23)16-6-3-2-4-7-16/h2-4,6-7,10-13,19H,5,8-9H2,1H3,(H2,24,25,26)/t19-/m1/s1. The SMILES string of the molecule is Cc1ccc([C@@H]2C3=C(CCCC3=O)Nc3n[nH]c(-c4ccccc4)c32)cc1. The van der Waals surface area contributed by atoms with Crippen molar-refractivity contribution >= 4 is 11.6 Å². The third-order valence-corrected chi connectivity index (χ3v) is 5.58. The van der Waals surface area contributed by atoms with Crippen molar-refractivity contribution in [2.24, 2.45) is 0 Å². The normalized spacial score (nSPS) is 18.7. The smallest absolute Gasteiger partial charge is 0.161 e. The summed E-state index contributed by atoms with van der Waals surface area (Å²) in [5, 5.41) is 11.2. The number of hydrogen-bond acceptors (Lipinski definition) is 3. The van der Waals surface area contributed by atoms with Gasteiger partial charge in [0.25, 0.3) is 0 Å². The molecule has 2 aromatic carbocycles. The molecule has 3 aromatic rings. The quantitative estimate of drug-likeness (QED) is 0.684. The van der Waals surface area contributed by atoms with Gasteiger partial charge in [-0.2, -0.15) is 5.10 Å². The van der Waals surface area contributed by atoms with Crippen molar-refractivity contribution in [3.8, 4) is 11.3 Å². The van der Waals surface area contributed by atoms with Crippen LogP contribution in [0.3, 0.4) is 0 Å². The van der Waals surface area contributed by atoms with Crippen LogP contribution in [0.25, 0.3) is 11.3 Å². The average Bonchev–Trinajstić information content (AvgIpc) is 3.12. The molecule has 4 heteroatoms. The lowest BCUT2D eigenvalue weighted by Crippen LogP contribution is -2.26. The number of fused-ring (bicyclic) bond motifs is 1. The molecule has 0 saturated carbocycles. The molecule has 2 aliphatic rings. The average molecular weight is 355 g/mol. The third-order valence-electron chi connectivity index (χ3n) is 5.58. The summed E-state index contributed by atoms with van der Waals surface area (Å²) >= 11 is 0. The Hall–Kier alpha value is -3.14. The van der Waals surface area contributed by atoms with Gasteiger partial charge in [0, 0.05) is 29.2 Å². The van der Waals surface area contributed by atoms with Gasteiger partial charge < -0.3 is 5.32 Å². The van der Waals surface area contributed by atoms with Gasteiger partial charge in [-0.15, -0.1) is 0 Å². The number of aromatic amines is 1. The van der Waals surface area contributed by atoms with E-state index in [1.807, 2.05) is 18.2 Å². The summed E-state index contributed by atoms with van der Waals surface area (Å²) in [6, 6.07) is 18.7. The highest BCUT2D eigenvalue weighted by atomic mass is 16.1. The molecule has 27 heavy (non-hydrogen) atoms. The van der Waals surface area contributed by atoms with Crippen LogP contribution in [0, 0.1) is 6.92 Å². The molecule has 0 amide bonds. The molecule has 5 rings (SSSR count). The van der Waals surface area contributed by atoms with E-state index in [4.69, 9.17) is 0 Å². The number of benzene rings is 2. The van der Waals surface area contributed by atoms with E-state index in [1.165, 1.54) is 5.56 Å². The van der Waals surface area contributed by atoms with Crippen LogP contribution in [-0.2, 0) is 4.79 Å². The Kier molecular flexibility index (Phi) is 3.71. The Labute approximate surface area is 158 Å². The number of aromatic nitrogens is 2. The van der Waals surface area contributed by atoms with Gasteiger partial charge in [-0.3, -0.25) is 9.89 Å². The number of anilines is 1. The summed E-state index contributed by atoms with van der Waals surface area (Å²) in [5.41, 5.74) is 7.44. The van der Waals surface area contributed by atoms with Gasteiger partial charge in [-0.1, -0.05) is 60.2 Å². The van der Waals surface area contributed by atoms with Crippen LogP contribution in [0.2, 0.25) is 0 Å². The summed E-state index contributed by atoms with van der Waals surface area (Å²) in [7, 11) is 0. The minimum Gasteiger partial charge on any atom is -0.342 e. The minimum atomic E-state index is -0.0846. The van der Waals surface area contributed by atoms with E-state index >= 15 is 0 Å². The topological polar surface area (TPSA) is 57.8 Å². The second-order valence-corrected chi connectivity index (χ2v) is 7.36. The van der Waals surface area contributed by atoms with Gasteiger partial charge in [0.05, 0.1) is 5.69 Å². The highest BCUT2D eigenvalue weighted by molar-refractivity contribution is 6.01. The van der Waals surface area contributed by atoms with Crippen molar-refractivity contribution in [3.63, 3.8) is 0 Å². The number of nitrogens with one attached hydrogen (secondary N) is 2. The van der Waals surface area contributed by atoms with Crippen LogP contribution in [0.15, 0.2) is 65.9 Å². The van der Waals surface area contributed by atoms with Crippen LogP contribution < -0.4 is 5.32 Å². The second kappa shape index (κ2) is 6.23. The van der Waals surface area contributed by atoms with E-state index in [1.54, 1.807) is 0 Å². The van der Waals surface area contributed by atoms with Crippen molar-refractivity contribution in [2.75, 3.05) is 5.32 Å². The van der Waals surface area contributed by atoms with Crippen LogP contribution in [0.1, 0.15) is 41.9 Å². The fraction of sp³-hybridized carbons (Fsp3) is 0.217. The first-order chi connectivity index (χ1) is 13.2. The molecule has 1 aliphatic heterocycles. The zero-order valence-corrected chi connectivity index (χ0v) is 15.3. The molecule has 0 saturated heterocycles. The van der Waals surface area contributed by atoms with E-state index in [-0.39, 0.29) is 11.7 Å². The highest BCUT2D eigenvalue weighted by Crippen LogP contribution is 2.47. The molecule has 4 nitrogen and oxygen atoms in total. The van der Waals surface area contributed by atoms with Gasteiger partial charge >= 0.3 is 0 Å². The zero-order valence-electron chi connectivity index (χ0n) is 15.3. The van der Waals surface area contributed by atoms with Crippen molar-refractivity contribution in [1.82, 2.24) is 10.2 Å². The molecule has 1 aromatic heterocycles. The van der Waals surface area contributed by atoms with Crippen molar-refractivity contribution in [1.29, 1.82) is 0 Å². The number of allylic oxidation sites excluding steroid dienone is 2. The maximum atomic E-state index is 12.9. The first kappa shape index (κ1) is 16.1. The summed E-state index contributed by atoms with van der Waals surface area (Å²) < 4.78 is 0. The molecule has 0 unspecified atom stereocenters. The summed E-state index contributed by atoms with van der Waals surface area (Å²) in [4.78, 5) is 12.9. The van der Waals surface area contributed by atoms with Gasteiger partial charge in [0.2, 0.25) is 0 Å². The lowest BCUT2D eigenvalue weighted by atomic mass is 9.75. The van der Waals surface area contributed by atoms with Gasteiger partial charge in [0.1, 0.15) is 0 Å². The van der Waals surface area contributed by atoms with Gasteiger partial charge in [-0.25, -0.2) is 0 Å². The Morgan fingerprint density at radius 3 is 2.56 bits per heavy atom. The van der Waals surface area contributed by atoms with Crippen molar-refractivity contribution in [2.45, 2.75) is 32.1 Å². The second-order valence-electron chi connectivity index (χ2n) is 7.36. The summed E-state index contributed by atoms with van der Waals surface area (Å²) in [5.74, 6) is 1.01. The minimum absolute atomic E-state index is 0.0846. The Balaban J connectivity index is 1.75. The number of hydrogen-bond donors (Lipinski definition) is 2. The molecular formula is C23H21N3O. The first-order valence-electron chi connectivity index (χ1n) is 9.46. The van der Waals surface area contributed by atoms with E-state index in [0.29, 0.717) is 6.42 Å². The Bertz CT molecular complexity index is 1040. The lowest BCUT2D eigenvalue weighted by molar-refractivity contribution is -0.116. The van der Waals surface area contributed by atoms with Crippen molar-refractivity contribution in [3.05, 3.63) is 82.6 Å². The molecule has 134 valence electrons. The predicted octanol–water partition coefficient (Wildman–Crippen LogP) is 4.95. The monoisotopic (exact) mass is 355 g/mol. The molecule has 0 bridgehead atoms. The maximum Gasteiger partial charge on any atom is 0.161 e. The van der Waals surface area contributed by atoms with E-state index < -0.39 is 0 Å². The Morgan fingerprint density at radius 1 is 1.00 bits per heavy atom. The van der Waals surface area contributed by atoms with E-state index in [2.05, 4.69) is 58.8 Å². The van der Waals surface area contributed by atoms with Gasteiger partial charge in [-0.05, 0) is 30.9 Å². The van der Waals surface area contributed by atoms with Crippen LogP contribution in [0.4, 0.5) is 5.82 Å². The highest BCUT2D eigenvalue weighted by Gasteiger charge is 2.38. The maximum absolute atomic E-state index is 12.9. The molecule has 2 N–H and O–H groups in total. The molecule has 1 aliphatic carbocycles. The summed E-state index contributed by atoms with van der Waals surface area (Å²) in [6.45, 7) is 2.08. The molecular weight excluding hydrogens is 334 g/mol. The zero-order chi connectivity index (χ0) is 18.4. The first-order valence-corrected chi connectivity index (χ1v) is 9.46. The molecule has 0 fully saturated rings. The number of rotatable bonds is 2. The van der Waals surface area contributed by atoms with Crippen LogP contribution >= 0.6 is 0 Å². The Morgan fingerprint density at radius 2 is 1.78 bits per heavy atom. The van der Waals surface area contributed by atoms with Crippen LogP contribution in [0.5, 0.6) is 0 Å². The van der Waals surface area contributed by atoms with Gasteiger partial charge in [0.15, 0.2) is 11.6 Å². The molecule has 2 heterocycles. The fourth-order valence-corrected chi connectivity index (χ4v) is 4.26. The number of nitrogens with zero attached hydrogens (tertiary/aromatic N) is 1. The number of H-pyrrole nitrogens is 1.